The zero-order chi connectivity index (χ0) is 14.5. The van der Waals surface area contributed by atoms with E-state index >= 15 is 0 Å². The molecule has 0 atom stereocenters. The molecule has 0 fully saturated rings. The predicted octanol–water partition coefficient (Wildman–Crippen LogP) is 1.35. The summed E-state index contributed by atoms with van der Waals surface area (Å²) in [7, 11) is 0. The molecule has 1 aliphatic rings. The minimum absolute atomic E-state index is 0.244. The molecule has 0 radical (unpaired) electrons. The van der Waals surface area contributed by atoms with Crippen LogP contribution in [0.25, 0.3) is 0 Å². The van der Waals surface area contributed by atoms with Crippen molar-refractivity contribution in [1.29, 1.82) is 0 Å². The molecule has 20 heavy (non-hydrogen) atoms. The Bertz CT molecular complexity index is 463. The van der Waals surface area contributed by atoms with Gasteiger partial charge in [-0.3, -0.25) is 4.79 Å². The molecule has 1 aliphatic heterocycles. The predicted molar refractivity (Wildman–Crippen MR) is 79.6 cm³/mol. The van der Waals surface area contributed by atoms with Crippen LogP contribution in [-0.2, 0) is 30.7 Å². The third-order valence-electron chi connectivity index (χ3n) is 4.05. The highest BCUT2D eigenvalue weighted by molar-refractivity contribution is 5.76. The van der Waals surface area contributed by atoms with Crippen molar-refractivity contribution in [3.63, 3.8) is 0 Å². The minimum atomic E-state index is 0.244. The number of carbonyl (C=O) groups is 1. The van der Waals surface area contributed by atoms with E-state index < -0.39 is 0 Å². The normalized spacial score (nSPS) is 14.2. The molecule has 5 nitrogen and oxygen atoms in total. The Balaban J connectivity index is 2.09. The van der Waals surface area contributed by atoms with Crippen LogP contribution in [-0.4, -0.2) is 40.0 Å². The van der Waals surface area contributed by atoms with E-state index in [1.165, 1.54) is 11.4 Å². The summed E-state index contributed by atoms with van der Waals surface area (Å²) in [6.07, 6.45) is 2.51. The molecule has 0 spiro atoms. The third kappa shape index (κ3) is 3.03. The molecule has 2 heterocycles. The quantitative estimate of drug-likeness (QED) is 0.854. The summed E-state index contributed by atoms with van der Waals surface area (Å²) in [6, 6.07) is 0. The molecule has 0 unspecified atom stereocenters. The first-order valence-corrected chi connectivity index (χ1v) is 7.76. The zero-order valence-electron chi connectivity index (χ0n) is 12.9. The van der Waals surface area contributed by atoms with Crippen LogP contribution in [0.4, 0.5) is 0 Å². The lowest BCUT2D eigenvalue weighted by molar-refractivity contribution is -0.131. The first-order chi connectivity index (χ1) is 9.71. The molecular weight excluding hydrogens is 252 g/mol. The van der Waals surface area contributed by atoms with Gasteiger partial charge in [-0.15, -0.1) is 0 Å². The van der Waals surface area contributed by atoms with Gasteiger partial charge in [-0.2, -0.15) is 0 Å². The summed E-state index contributed by atoms with van der Waals surface area (Å²) in [4.78, 5) is 18.8. The van der Waals surface area contributed by atoms with Crippen LogP contribution in [0.2, 0.25) is 0 Å². The average molecular weight is 278 g/mol. The second-order valence-electron chi connectivity index (χ2n) is 5.17. The van der Waals surface area contributed by atoms with E-state index in [1.54, 1.807) is 0 Å². The van der Waals surface area contributed by atoms with Crippen LogP contribution < -0.4 is 5.32 Å². The highest BCUT2D eigenvalue weighted by Crippen LogP contribution is 2.17. The Morgan fingerprint density at radius 1 is 1.35 bits per heavy atom. The number of hydrogen-bond acceptors (Lipinski definition) is 3. The third-order valence-corrected chi connectivity index (χ3v) is 4.05. The SMILES string of the molecule is CCc1nc2c(n1CCC(=O)N(CC)CC)CCNC2. The Morgan fingerprint density at radius 3 is 2.75 bits per heavy atom. The fourth-order valence-corrected chi connectivity index (χ4v) is 2.90. The maximum absolute atomic E-state index is 12.1. The molecule has 1 aromatic heterocycles. The maximum atomic E-state index is 12.1. The molecule has 0 aromatic carbocycles. The number of imidazole rings is 1. The number of carbonyl (C=O) groups excluding carboxylic acids is 1. The number of nitrogens with one attached hydrogen (secondary N) is 1. The van der Waals surface area contributed by atoms with Crippen molar-refractivity contribution in [2.24, 2.45) is 0 Å². The zero-order valence-corrected chi connectivity index (χ0v) is 12.9. The Kier molecular flexibility index (Phi) is 5.17. The van der Waals surface area contributed by atoms with E-state index in [-0.39, 0.29) is 5.91 Å². The number of rotatable bonds is 6. The maximum Gasteiger partial charge on any atom is 0.224 e. The molecule has 5 heteroatoms. The molecule has 0 aliphatic carbocycles. The number of fused-ring (bicyclic) bond motifs is 1. The van der Waals surface area contributed by atoms with Gasteiger partial charge >= 0.3 is 0 Å². The van der Waals surface area contributed by atoms with Crippen molar-refractivity contribution in [1.82, 2.24) is 19.8 Å². The molecule has 2 rings (SSSR count). The molecule has 1 amide bonds. The van der Waals surface area contributed by atoms with Crippen LogP contribution in [0.5, 0.6) is 0 Å². The fourth-order valence-electron chi connectivity index (χ4n) is 2.90. The van der Waals surface area contributed by atoms with Crippen LogP contribution >= 0.6 is 0 Å². The number of amides is 1. The van der Waals surface area contributed by atoms with Gasteiger partial charge in [0.25, 0.3) is 0 Å². The van der Waals surface area contributed by atoms with Crippen LogP contribution in [0, 0.1) is 0 Å². The second kappa shape index (κ2) is 6.88. The summed E-state index contributed by atoms with van der Waals surface area (Å²) >= 11 is 0. The van der Waals surface area contributed by atoms with Crippen LogP contribution in [0.3, 0.4) is 0 Å². The first kappa shape index (κ1) is 15.0. The van der Waals surface area contributed by atoms with E-state index in [4.69, 9.17) is 4.98 Å². The molecule has 0 saturated heterocycles. The fraction of sp³-hybridized carbons (Fsp3) is 0.733. The van der Waals surface area contributed by atoms with Crippen molar-refractivity contribution in [3.05, 3.63) is 17.2 Å². The van der Waals surface area contributed by atoms with Gasteiger partial charge < -0.3 is 14.8 Å². The lowest BCUT2D eigenvalue weighted by Crippen LogP contribution is -2.31. The van der Waals surface area contributed by atoms with Gasteiger partial charge in [0.2, 0.25) is 5.91 Å². The molecular formula is C15H26N4O. The summed E-state index contributed by atoms with van der Waals surface area (Å²) in [6.45, 7) is 10.4. The standard InChI is InChI=1S/C15H26N4O/c1-4-14-17-12-11-16-9-7-13(12)19(14)10-8-15(20)18(5-2)6-3/h16H,4-11H2,1-3H3. The molecule has 0 bridgehead atoms. The lowest BCUT2D eigenvalue weighted by Gasteiger charge is -2.20. The summed E-state index contributed by atoms with van der Waals surface area (Å²) in [5, 5.41) is 3.36. The van der Waals surface area contributed by atoms with E-state index in [0.29, 0.717) is 6.42 Å². The summed E-state index contributed by atoms with van der Waals surface area (Å²) < 4.78 is 2.28. The molecule has 0 saturated carbocycles. The van der Waals surface area contributed by atoms with E-state index in [0.717, 1.165) is 51.4 Å². The second-order valence-corrected chi connectivity index (χ2v) is 5.17. The van der Waals surface area contributed by atoms with Gasteiger partial charge in [-0.05, 0) is 13.8 Å². The van der Waals surface area contributed by atoms with Crippen molar-refractivity contribution < 1.29 is 4.79 Å². The van der Waals surface area contributed by atoms with Crippen LogP contribution in [0.15, 0.2) is 0 Å². The number of hydrogen-bond donors (Lipinski definition) is 1. The van der Waals surface area contributed by atoms with E-state index in [2.05, 4.69) is 16.8 Å². The molecule has 1 aromatic rings. The number of aryl methyl sites for hydroxylation is 1. The van der Waals surface area contributed by atoms with Gasteiger partial charge in [0.15, 0.2) is 0 Å². The number of aromatic nitrogens is 2. The largest absolute Gasteiger partial charge is 0.343 e. The Morgan fingerprint density at radius 2 is 2.10 bits per heavy atom. The van der Waals surface area contributed by atoms with Gasteiger partial charge in [0, 0.05) is 57.7 Å². The lowest BCUT2D eigenvalue weighted by atomic mass is 10.2. The highest BCUT2D eigenvalue weighted by atomic mass is 16.2. The van der Waals surface area contributed by atoms with Gasteiger partial charge in [-0.25, -0.2) is 4.98 Å². The molecule has 112 valence electrons. The van der Waals surface area contributed by atoms with Crippen LogP contribution in [0.1, 0.15) is 44.4 Å². The monoisotopic (exact) mass is 278 g/mol. The van der Waals surface area contributed by atoms with Crippen molar-refractivity contribution >= 4 is 5.91 Å². The van der Waals surface area contributed by atoms with Crippen molar-refractivity contribution in [2.75, 3.05) is 19.6 Å². The Hall–Kier alpha value is -1.36. The van der Waals surface area contributed by atoms with E-state index in [1.807, 2.05) is 18.7 Å². The van der Waals surface area contributed by atoms with Crippen molar-refractivity contribution in [2.45, 2.75) is 53.1 Å². The van der Waals surface area contributed by atoms with Gasteiger partial charge in [0.05, 0.1) is 5.69 Å². The van der Waals surface area contributed by atoms with Gasteiger partial charge in [0.1, 0.15) is 5.82 Å². The van der Waals surface area contributed by atoms with E-state index in [9.17, 15) is 4.79 Å². The molecule has 1 N–H and O–H groups in total. The van der Waals surface area contributed by atoms with Gasteiger partial charge in [-0.1, -0.05) is 6.92 Å². The topological polar surface area (TPSA) is 50.2 Å². The highest BCUT2D eigenvalue weighted by Gasteiger charge is 2.19. The minimum Gasteiger partial charge on any atom is -0.343 e. The smallest absolute Gasteiger partial charge is 0.224 e. The summed E-state index contributed by atoms with van der Waals surface area (Å²) in [5.41, 5.74) is 2.50. The Labute approximate surface area is 121 Å². The average Bonchev–Trinajstić information content (AvgIpc) is 2.84. The summed E-state index contributed by atoms with van der Waals surface area (Å²) in [5.74, 6) is 1.36. The first-order valence-electron chi connectivity index (χ1n) is 7.76. The van der Waals surface area contributed by atoms with Crippen molar-refractivity contribution in [3.8, 4) is 0 Å². The number of nitrogens with zero attached hydrogens (tertiary/aromatic N) is 3.